The molecular formula is C17H19N3O3. The molecule has 0 saturated carbocycles. The third-order valence-corrected chi connectivity index (χ3v) is 4.34. The van der Waals surface area contributed by atoms with Crippen LogP contribution in [-0.2, 0) is 16.1 Å². The van der Waals surface area contributed by atoms with E-state index in [0.29, 0.717) is 5.69 Å². The van der Waals surface area contributed by atoms with Gasteiger partial charge in [0.25, 0.3) is 0 Å². The Bertz CT molecular complexity index is 724. The second kappa shape index (κ2) is 6.83. The summed E-state index contributed by atoms with van der Waals surface area (Å²) in [4.78, 5) is 29.1. The number of ether oxygens (including phenoxy) is 1. The van der Waals surface area contributed by atoms with Crippen LogP contribution in [0.1, 0.15) is 18.5 Å². The summed E-state index contributed by atoms with van der Waals surface area (Å²) in [7, 11) is 1.44. The third-order valence-electron chi connectivity index (χ3n) is 4.34. The van der Waals surface area contributed by atoms with Gasteiger partial charge in [-0.05, 0) is 55.4 Å². The highest BCUT2D eigenvalue weighted by Crippen LogP contribution is 2.22. The normalized spacial score (nSPS) is 16.4. The van der Waals surface area contributed by atoms with Gasteiger partial charge in [0, 0.05) is 11.9 Å². The van der Waals surface area contributed by atoms with E-state index in [4.69, 9.17) is 4.74 Å². The molecule has 0 amide bonds. The first-order chi connectivity index (χ1) is 11.2. The number of aromatic nitrogens is 1. The Balaban J connectivity index is 1.66. The van der Waals surface area contributed by atoms with Gasteiger partial charge in [-0.3, -0.25) is 14.7 Å². The lowest BCUT2D eigenvalue weighted by molar-refractivity contribution is -0.147. The van der Waals surface area contributed by atoms with Crippen LogP contribution in [0.4, 0.5) is 5.69 Å². The number of rotatable bonds is 4. The van der Waals surface area contributed by atoms with Crippen LogP contribution >= 0.6 is 0 Å². The van der Waals surface area contributed by atoms with Crippen molar-refractivity contribution in [2.45, 2.75) is 19.4 Å². The number of piperidine rings is 1. The average molecular weight is 313 g/mol. The second-order valence-electron chi connectivity index (χ2n) is 5.84. The summed E-state index contributed by atoms with van der Waals surface area (Å²) in [6, 6.07) is 9.17. The van der Waals surface area contributed by atoms with Gasteiger partial charge in [-0.15, -0.1) is 4.91 Å². The molecule has 0 unspecified atom stereocenters. The number of likely N-dealkylation sites (tertiary alicyclic amines) is 1. The van der Waals surface area contributed by atoms with Crippen LogP contribution in [0.2, 0.25) is 0 Å². The summed E-state index contributed by atoms with van der Waals surface area (Å²) in [6.07, 6.45) is 1.66. The fraction of sp³-hybridized carbons (Fsp3) is 0.412. The van der Waals surface area contributed by atoms with Crippen molar-refractivity contribution in [1.82, 2.24) is 9.88 Å². The van der Waals surface area contributed by atoms with Gasteiger partial charge < -0.3 is 4.74 Å². The summed E-state index contributed by atoms with van der Waals surface area (Å²) < 4.78 is 4.81. The molecule has 23 heavy (non-hydrogen) atoms. The number of nitroso groups, excluding NO2 is 1. The predicted octanol–water partition coefficient (Wildman–Crippen LogP) is 3.02. The standard InChI is InChI=1S/C17H19N3O3/c1-23-17(21)12-6-8-20(9-7-12)11-15-3-2-13-10-14(19-22)4-5-16(13)18-15/h2-5,10,12H,6-9,11H2,1H3. The monoisotopic (exact) mass is 313 g/mol. The highest BCUT2D eigenvalue weighted by molar-refractivity contribution is 5.81. The first-order valence-electron chi connectivity index (χ1n) is 7.73. The minimum Gasteiger partial charge on any atom is -0.469 e. The van der Waals surface area contributed by atoms with Crippen molar-refractivity contribution in [2.75, 3.05) is 20.2 Å². The minimum absolute atomic E-state index is 0.0232. The predicted molar refractivity (Wildman–Crippen MR) is 87.2 cm³/mol. The van der Waals surface area contributed by atoms with Crippen molar-refractivity contribution in [3.05, 3.63) is 40.9 Å². The Hall–Kier alpha value is -2.34. The van der Waals surface area contributed by atoms with Crippen LogP contribution in [0.3, 0.4) is 0 Å². The zero-order valence-corrected chi connectivity index (χ0v) is 13.1. The van der Waals surface area contributed by atoms with Crippen molar-refractivity contribution >= 4 is 22.6 Å². The molecule has 2 aromatic rings. The summed E-state index contributed by atoms with van der Waals surface area (Å²) in [5, 5.41) is 3.85. The quantitative estimate of drug-likeness (QED) is 0.641. The van der Waals surface area contributed by atoms with Crippen molar-refractivity contribution in [3.63, 3.8) is 0 Å². The van der Waals surface area contributed by atoms with Gasteiger partial charge in [-0.2, -0.15) is 0 Å². The molecule has 1 saturated heterocycles. The van der Waals surface area contributed by atoms with Crippen molar-refractivity contribution in [2.24, 2.45) is 11.1 Å². The molecule has 1 aromatic carbocycles. The van der Waals surface area contributed by atoms with E-state index in [0.717, 1.165) is 49.1 Å². The first kappa shape index (κ1) is 15.6. The van der Waals surface area contributed by atoms with E-state index in [-0.39, 0.29) is 11.9 Å². The largest absolute Gasteiger partial charge is 0.469 e. The van der Waals surface area contributed by atoms with Crippen LogP contribution in [0.15, 0.2) is 35.5 Å². The lowest BCUT2D eigenvalue weighted by Gasteiger charge is -2.30. The number of methoxy groups -OCH3 is 1. The van der Waals surface area contributed by atoms with Crippen LogP contribution in [0.5, 0.6) is 0 Å². The Morgan fingerprint density at radius 2 is 2.09 bits per heavy atom. The van der Waals surface area contributed by atoms with Gasteiger partial charge in [-0.1, -0.05) is 6.07 Å². The Morgan fingerprint density at radius 3 is 2.78 bits per heavy atom. The van der Waals surface area contributed by atoms with Crippen LogP contribution < -0.4 is 0 Å². The number of pyridine rings is 1. The number of esters is 1. The molecule has 0 bridgehead atoms. The molecule has 3 rings (SSSR count). The Morgan fingerprint density at radius 1 is 1.30 bits per heavy atom. The van der Waals surface area contributed by atoms with Crippen molar-refractivity contribution in [3.8, 4) is 0 Å². The van der Waals surface area contributed by atoms with E-state index in [9.17, 15) is 9.70 Å². The summed E-state index contributed by atoms with van der Waals surface area (Å²) in [5.74, 6) is -0.0804. The maximum Gasteiger partial charge on any atom is 0.308 e. The van der Waals surface area contributed by atoms with Gasteiger partial charge in [0.15, 0.2) is 0 Å². The number of nitrogens with zero attached hydrogens (tertiary/aromatic N) is 3. The van der Waals surface area contributed by atoms with Gasteiger partial charge in [0.1, 0.15) is 5.69 Å². The highest BCUT2D eigenvalue weighted by atomic mass is 16.5. The van der Waals surface area contributed by atoms with Gasteiger partial charge in [0.2, 0.25) is 0 Å². The van der Waals surface area contributed by atoms with Crippen LogP contribution in [-0.4, -0.2) is 36.1 Å². The van der Waals surface area contributed by atoms with E-state index in [2.05, 4.69) is 15.1 Å². The molecule has 0 N–H and O–H groups in total. The van der Waals surface area contributed by atoms with Crippen molar-refractivity contribution < 1.29 is 9.53 Å². The molecule has 6 nitrogen and oxygen atoms in total. The van der Waals surface area contributed by atoms with Gasteiger partial charge >= 0.3 is 5.97 Å². The lowest BCUT2D eigenvalue weighted by Crippen LogP contribution is -2.36. The number of hydrogen-bond acceptors (Lipinski definition) is 6. The molecule has 1 aromatic heterocycles. The Labute approximate surface area is 134 Å². The molecule has 0 atom stereocenters. The zero-order valence-electron chi connectivity index (χ0n) is 13.1. The minimum atomic E-state index is -0.104. The third kappa shape index (κ3) is 3.53. The molecule has 0 radical (unpaired) electrons. The number of benzene rings is 1. The molecule has 0 spiro atoms. The SMILES string of the molecule is COC(=O)C1CCN(Cc2ccc3cc(N=O)ccc3n2)CC1. The summed E-state index contributed by atoms with van der Waals surface area (Å²) in [5.41, 5.74) is 2.26. The number of carbonyl (C=O) groups is 1. The van der Waals surface area contributed by atoms with E-state index < -0.39 is 0 Å². The molecule has 120 valence electrons. The molecule has 0 aliphatic carbocycles. The molecule has 1 aliphatic rings. The second-order valence-corrected chi connectivity index (χ2v) is 5.84. The van der Waals surface area contributed by atoms with Crippen molar-refractivity contribution in [1.29, 1.82) is 0 Å². The van der Waals surface area contributed by atoms with Crippen LogP contribution in [0.25, 0.3) is 10.9 Å². The van der Waals surface area contributed by atoms with Gasteiger partial charge in [-0.25, -0.2) is 0 Å². The number of fused-ring (bicyclic) bond motifs is 1. The number of hydrogen-bond donors (Lipinski definition) is 0. The van der Waals surface area contributed by atoms with E-state index in [1.165, 1.54) is 7.11 Å². The molecule has 1 aliphatic heterocycles. The number of carbonyl (C=O) groups excluding carboxylic acids is 1. The maximum absolute atomic E-state index is 11.5. The fourth-order valence-electron chi connectivity index (χ4n) is 3.02. The lowest BCUT2D eigenvalue weighted by atomic mass is 9.97. The fourth-order valence-corrected chi connectivity index (χ4v) is 3.02. The molecular weight excluding hydrogens is 294 g/mol. The zero-order chi connectivity index (χ0) is 16.2. The molecule has 6 heteroatoms. The van der Waals surface area contributed by atoms with E-state index in [1.54, 1.807) is 12.1 Å². The topological polar surface area (TPSA) is 71.9 Å². The maximum atomic E-state index is 11.5. The highest BCUT2D eigenvalue weighted by Gasteiger charge is 2.25. The smallest absolute Gasteiger partial charge is 0.308 e. The average Bonchev–Trinajstić information content (AvgIpc) is 2.61. The van der Waals surface area contributed by atoms with Gasteiger partial charge in [0.05, 0.1) is 24.2 Å². The summed E-state index contributed by atoms with van der Waals surface area (Å²) in [6.45, 7) is 2.50. The van der Waals surface area contributed by atoms with Crippen LogP contribution in [0, 0.1) is 10.8 Å². The summed E-state index contributed by atoms with van der Waals surface area (Å²) >= 11 is 0. The van der Waals surface area contributed by atoms with E-state index >= 15 is 0 Å². The molecule has 1 fully saturated rings. The first-order valence-corrected chi connectivity index (χ1v) is 7.73. The Kier molecular flexibility index (Phi) is 4.62. The molecule has 2 heterocycles. The van der Waals surface area contributed by atoms with E-state index in [1.807, 2.05) is 18.2 Å².